The fourth-order valence-corrected chi connectivity index (χ4v) is 3.44. The molecule has 0 amide bonds. The average Bonchev–Trinajstić information content (AvgIpc) is 2.59. The number of hydrogen-bond acceptors (Lipinski definition) is 3. The summed E-state index contributed by atoms with van der Waals surface area (Å²) in [5, 5.41) is 8.82. The SMILES string of the molecule is CN(C(c1ccc(C(F)(F)F)cc1)C(F)(F)F)S(=O)c1cncc(C#N)c1. The Balaban J connectivity index is 2.41. The molecule has 27 heavy (non-hydrogen) atoms. The minimum atomic E-state index is -4.91. The number of aromatic nitrogens is 1. The lowest BCUT2D eigenvalue weighted by Crippen LogP contribution is -2.37. The maximum absolute atomic E-state index is 13.5. The Morgan fingerprint density at radius 3 is 2.19 bits per heavy atom. The molecule has 0 saturated heterocycles. The highest BCUT2D eigenvalue weighted by Crippen LogP contribution is 2.39. The van der Waals surface area contributed by atoms with E-state index in [9.17, 15) is 30.6 Å². The molecule has 4 nitrogen and oxygen atoms in total. The second-order valence-electron chi connectivity index (χ2n) is 5.38. The fourth-order valence-electron chi connectivity index (χ4n) is 2.30. The summed E-state index contributed by atoms with van der Waals surface area (Å²) in [7, 11) is -1.44. The monoisotopic (exact) mass is 407 g/mol. The zero-order valence-corrected chi connectivity index (χ0v) is 14.4. The van der Waals surface area contributed by atoms with Crippen LogP contribution in [-0.2, 0) is 17.2 Å². The van der Waals surface area contributed by atoms with Crippen LogP contribution in [0.25, 0.3) is 0 Å². The quantitative estimate of drug-likeness (QED) is 0.713. The number of pyridine rings is 1. The topological polar surface area (TPSA) is 57.0 Å². The van der Waals surface area contributed by atoms with E-state index >= 15 is 0 Å². The highest BCUT2D eigenvalue weighted by atomic mass is 32.2. The second kappa shape index (κ2) is 7.66. The van der Waals surface area contributed by atoms with E-state index in [4.69, 9.17) is 5.26 Å². The van der Waals surface area contributed by atoms with E-state index in [1.165, 1.54) is 0 Å². The molecule has 144 valence electrons. The Kier molecular flexibility index (Phi) is 5.91. The first kappa shape index (κ1) is 20.9. The van der Waals surface area contributed by atoms with Gasteiger partial charge in [0.1, 0.15) is 23.1 Å². The number of benzene rings is 1. The molecule has 0 fully saturated rings. The lowest BCUT2D eigenvalue weighted by molar-refractivity contribution is -0.170. The van der Waals surface area contributed by atoms with E-state index in [1.54, 1.807) is 6.07 Å². The van der Waals surface area contributed by atoms with Gasteiger partial charge in [0.2, 0.25) is 0 Å². The molecule has 2 unspecified atom stereocenters. The van der Waals surface area contributed by atoms with Crippen LogP contribution in [0.4, 0.5) is 26.3 Å². The number of nitrogens with zero attached hydrogens (tertiary/aromatic N) is 3. The van der Waals surface area contributed by atoms with Gasteiger partial charge in [0.05, 0.1) is 16.0 Å². The first-order valence-electron chi connectivity index (χ1n) is 7.19. The molecule has 1 aromatic carbocycles. The van der Waals surface area contributed by atoms with Crippen molar-refractivity contribution in [2.75, 3.05) is 7.05 Å². The summed E-state index contributed by atoms with van der Waals surface area (Å²) in [6.45, 7) is 0. The van der Waals surface area contributed by atoms with Gasteiger partial charge in [-0.2, -0.15) is 31.6 Å². The van der Waals surface area contributed by atoms with Gasteiger partial charge in [-0.1, -0.05) is 12.1 Å². The molecule has 0 spiro atoms. The third-order valence-corrected chi connectivity index (χ3v) is 4.89. The smallest absolute Gasteiger partial charge is 0.262 e. The molecule has 2 rings (SSSR count). The highest BCUT2D eigenvalue weighted by molar-refractivity contribution is 7.82. The van der Waals surface area contributed by atoms with Gasteiger partial charge in [-0.05, 0) is 23.8 Å². The molecule has 0 aliphatic carbocycles. The predicted octanol–water partition coefficient (Wildman–Crippen LogP) is 4.23. The van der Waals surface area contributed by atoms with Crippen LogP contribution in [0.3, 0.4) is 0 Å². The van der Waals surface area contributed by atoms with Crippen molar-refractivity contribution in [3.63, 3.8) is 0 Å². The Hall–Kier alpha value is -2.45. The van der Waals surface area contributed by atoms with E-state index in [2.05, 4.69) is 4.98 Å². The van der Waals surface area contributed by atoms with Gasteiger partial charge in [-0.25, -0.2) is 8.51 Å². The van der Waals surface area contributed by atoms with Crippen LogP contribution < -0.4 is 0 Å². The van der Waals surface area contributed by atoms with Crippen molar-refractivity contribution in [2.24, 2.45) is 0 Å². The lowest BCUT2D eigenvalue weighted by Gasteiger charge is -2.29. The molecule has 0 N–H and O–H groups in total. The van der Waals surface area contributed by atoms with Crippen LogP contribution in [0.5, 0.6) is 0 Å². The molecule has 11 heteroatoms. The van der Waals surface area contributed by atoms with Crippen molar-refractivity contribution >= 4 is 11.0 Å². The van der Waals surface area contributed by atoms with Crippen molar-refractivity contribution in [2.45, 2.75) is 23.3 Å². The van der Waals surface area contributed by atoms with E-state index in [1.807, 2.05) is 0 Å². The van der Waals surface area contributed by atoms with Gasteiger partial charge in [0.25, 0.3) is 0 Å². The number of alkyl halides is 6. The van der Waals surface area contributed by atoms with Crippen LogP contribution in [0.15, 0.2) is 47.6 Å². The van der Waals surface area contributed by atoms with Crippen LogP contribution in [0.1, 0.15) is 22.7 Å². The third kappa shape index (κ3) is 4.84. The zero-order valence-electron chi connectivity index (χ0n) is 13.5. The van der Waals surface area contributed by atoms with Crippen LogP contribution in [0.2, 0.25) is 0 Å². The molecule has 0 saturated carbocycles. The summed E-state index contributed by atoms with van der Waals surface area (Å²) in [5.74, 6) is 0. The summed E-state index contributed by atoms with van der Waals surface area (Å²) in [6.07, 6.45) is -7.40. The average molecular weight is 407 g/mol. The van der Waals surface area contributed by atoms with Gasteiger partial charge < -0.3 is 0 Å². The number of nitriles is 1. The Morgan fingerprint density at radius 2 is 1.70 bits per heavy atom. The first-order valence-corrected chi connectivity index (χ1v) is 8.29. The van der Waals surface area contributed by atoms with Gasteiger partial charge in [0.15, 0.2) is 0 Å². The first-order chi connectivity index (χ1) is 12.4. The summed E-state index contributed by atoms with van der Waals surface area (Å²) in [4.78, 5) is 3.50. The molecule has 1 heterocycles. The van der Waals surface area contributed by atoms with Crippen LogP contribution >= 0.6 is 0 Å². The largest absolute Gasteiger partial charge is 0.416 e. The van der Waals surface area contributed by atoms with Crippen molar-refractivity contribution in [3.8, 4) is 6.07 Å². The minimum absolute atomic E-state index is 0.00680. The normalized spacial score (nSPS) is 14.6. The van der Waals surface area contributed by atoms with E-state index in [0.29, 0.717) is 28.6 Å². The molecule has 0 radical (unpaired) electrons. The standard InChI is InChI=1S/C16H11F6N3OS/c1-25(27(26)13-6-10(7-23)8-24-9-13)14(16(20,21)22)11-2-4-12(5-3-11)15(17,18)19/h2-6,8-9,14H,1H3. The van der Waals surface area contributed by atoms with Gasteiger partial charge in [0, 0.05) is 19.4 Å². The molecular weight excluding hydrogens is 396 g/mol. The summed E-state index contributed by atoms with van der Waals surface area (Å²) in [6, 6.07) is 2.88. The maximum atomic E-state index is 13.5. The Morgan fingerprint density at radius 1 is 1.11 bits per heavy atom. The molecule has 2 atom stereocenters. The van der Waals surface area contributed by atoms with Crippen LogP contribution in [0, 0.1) is 11.3 Å². The Labute approximate surface area is 152 Å². The van der Waals surface area contributed by atoms with Gasteiger partial charge >= 0.3 is 12.4 Å². The molecule has 0 aliphatic heterocycles. The molecule has 1 aromatic heterocycles. The fraction of sp³-hybridized carbons (Fsp3) is 0.250. The molecular formula is C16H11F6N3OS. The summed E-state index contributed by atoms with van der Waals surface area (Å²) in [5.41, 5.74) is -1.59. The second-order valence-corrected chi connectivity index (χ2v) is 6.93. The van der Waals surface area contributed by atoms with Gasteiger partial charge in [-0.15, -0.1) is 0 Å². The summed E-state index contributed by atoms with van der Waals surface area (Å²) >= 11 is 0. The number of hydrogen-bond donors (Lipinski definition) is 0. The maximum Gasteiger partial charge on any atom is 0.416 e. The lowest BCUT2D eigenvalue weighted by atomic mass is 10.0. The van der Waals surface area contributed by atoms with Crippen LogP contribution in [-0.4, -0.2) is 26.7 Å². The highest BCUT2D eigenvalue weighted by Gasteiger charge is 2.46. The van der Waals surface area contributed by atoms with E-state index in [-0.39, 0.29) is 10.5 Å². The van der Waals surface area contributed by atoms with E-state index in [0.717, 1.165) is 25.5 Å². The molecule has 0 aliphatic rings. The predicted molar refractivity (Wildman–Crippen MR) is 83.4 cm³/mol. The van der Waals surface area contributed by atoms with E-state index < -0.39 is 40.5 Å². The Bertz CT molecular complexity index is 873. The summed E-state index contributed by atoms with van der Waals surface area (Å²) < 4.78 is 91.5. The van der Waals surface area contributed by atoms with Gasteiger partial charge in [-0.3, -0.25) is 4.98 Å². The molecule has 0 bridgehead atoms. The van der Waals surface area contributed by atoms with Crippen molar-refractivity contribution in [1.29, 1.82) is 5.26 Å². The minimum Gasteiger partial charge on any atom is -0.262 e. The van der Waals surface area contributed by atoms with Crippen molar-refractivity contribution in [3.05, 3.63) is 59.4 Å². The number of rotatable bonds is 4. The molecule has 2 aromatic rings. The zero-order chi connectivity index (χ0) is 20.4. The third-order valence-electron chi connectivity index (χ3n) is 3.53. The van der Waals surface area contributed by atoms with Crippen molar-refractivity contribution < 1.29 is 30.6 Å². The number of halogens is 6. The van der Waals surface area contributed by atoms with Crippen molar-refractivity contribution in [1.82, 2.24) is 9.29 Å².